The quantitative estimate of drug-likeness (QED) is 0.297. The Labute approximate surface area is 212 Å². The molecule has 2 aromatic carbocycles. The van der Waals surface area contributed by atoms with Gasteiger partial charge in [-0.15, -0.1) is 0 Å². The summed E-state index contributed by atoms with van der Waals surface area (Å²) in [7, 11) is 0. The molecule has 3 aromatic rings. The van der Waals surface area contributed by atoms with Crippen molar-refractivity contribution in [3.05, 3.63) is 83.8 Å². The molecule has 1 saturated heterocycles. The zero-order valence-corrected chi connectivity index (χ0v) is 20.1. The molecule has 1 aliphatic rings. The molecule has 0 atom stereocenters. The zero-order chi connectivity index (χ0) is 26.6. The fraction of sp³-hybridized carbons (Fsp3) is 0.231. The van der Waals surface area contributed by atoms with Gasteiger partial charge in [0.15, 0.2) is 5.84 Å². The van der Waals surface area contributed by atoms with Gasteiger partial charge in [-0.2, -0.15) is 13.2 Å². The molecule has 4 N–H and O–H groups in total. The van der Waals surface area contributed by atoms with Crippen molar-refractivity contribution in [2.75, 3.05) is 28.6 Å². The Morgan fingerprint density at radius 1 is 1.19 bits per heavy atom. The Hall–Kier alpha value is -4.41. The number of aryl methyl sites for hydroxylation is 1. The predicted molar refractivity (Wildman–Crippen MR) is 138 cm³/mol. The summed E-state index contributed by atoms with van der Waals surface area (Å²) >= 11 is 0. The number of amides is 1. The second-order valence-corrected chi connectivity index (χ2v) is 8.51. The molecule has 37 heavy (non-hydrogen) atoms. The van der Waals surface area contributed by atoms with Crippen LogP contribution in [0.2, 0.25) is 0 Å². The van der Waals surface area contributed by atoms with Gasteiger partial charge in [0.25, 0.3) is 5.91 Å². The monoisotopic (exact) mass is 509 g/mol. The van der Waals surface area contributed by atoms with Crippen molar-refractivity contribution in [1.82, 2.24) is 9.97 Å². The van der Waals surface area contributed by atoms with Crippen LogP contribution in [0.15, 0.2) is 66.4 Å². The molecule has 192 valence electrons. The largest absolute Gasteiger partial charge is 0.416 e. The second-order valence-electron chi connectivity index (χ2n) is 8.51. The number of hydrogen-bond acceptors (Lipinski definition) is 6. The summed E-state index contributed by atoms with van der Waals surface area (Å²) in [6.45, 7) is 7.19. The summed E-state index contributed by atoms with van der Waals surface area (Å²) in [5.74, 6) is 0.0682. The van der Waals surface area contributed by atoms with E-state index in [0.29, 0.717) is 23.0 Å². The van der Waals surface area contributed by atoms with E-state index in [9.17, 15) is 18.0 Å². The number of alkyl halides is 3. The van der Waals surface area contributed by atoms with E-state index in [2.05, 4.69) is 37.1 Å². The van der Waals surface area contributed by atoms with Gasteiger partial charge < -0.3 is 21.3 Å². The van der Waals surface area contributed by atoms with Gasteiger partial charge in [0.05, 0.1) is 23.1 Å². The molecule has 2 heterocycles. The van der Waals surface area contributed by atoms with Crippen LogP contribution in [0, 0.1) is 6.92 Å². The summed E-state index contributed by atoms with van der Waals surface area (Å²) in [5, 5.41) is 5.46. The molecule has 1 aliphatic heterocycles. The van der Waals surface area contributed by atoms with Crippen LogP contribution < -0.4 is 21.3 Å². The highest BCUT2D eigenvalue weighted by atomic mass is 19.4. The number of aromatic nitrogens is 2. The maximum Gasteiger partial charge on any atom is 0.416 e. The van der Waals surface area contributed by atoms with E-state index in [0.717, 1.165) is 43.6 Å². The first kappa shape index (κ1) is 25.7. The molecular weight excluding hydrogens is 483 g/mol. The van der Waals surface area contributed by atoms with Crippen LogP contribution in [0.25, 0.3) is 0 Å². The maximum atomic E-state index is 13.0. The fourth-order valence-electron chi connectivity index (χ4n) is 3.88. The number of amidine groups is 1. The highest BCUT2D eigenvalue weighted by Gasteiger charge is 2.30. The van der Waals surface area contributed by atoms with Crippen molar-refractivity contribution in [2.24, 2.45) is 10.7 Å². The molecule has 1 fully saturated rings. The molecule has 4 rings (SSSR count). The van der Waals surface area contributed by atoms with Crippen LogP contribution in [0.4, 0.5) is 36.2 Å². The molecule has 0 saturated carbocycles. The normalized spacial score (nSPS) is 13.9. The zero-order valence-electron chi connectivity index (χ0n) is 20.1. The van der Waals surface area contributed by atoms with Crippen molar-refractivity contribution in [3.8, 4) is 0 Å². The van der Waals surface area contributed by atoms with E-state index in [1.807, 2.05) is 0 Å². The maximum absolute atomic E-state index is 13.0. The Kier molecular flexibility index (Phi) is 7.42. The molecule has 0 unspecified atom stereocenters. The minimum Gasteiger partial charge on any atom is -0.382 e. The summed E-state index contributed by atoms with van der Waals surface area (Å²) in [4.78, 5) is 28.4. The van der Waals surface area contributed by atoms with Crippen LogP contribution >= 0.6 is 0 Å². The van der Waals surface area contributed by atoms with Crippen molar-refractivity contribution in [2.45, 2.75) is 25.9 Å². The van der Waals surface area contributed by atoms with Crippen molar-refractivity contribution >= 4 is 34.8 Å². The average Bonchev–Trinajstić information content (AvgIpc) is 3.40. The Balaban J connectivity index is 1.62. The van der Waals surface area contributed by atoms with E-state index in [4.69, 9.17) is 5.73 Å². The van der Waals surface area contributed by atoms with Crippen LogP contribution in [0.1, 0.15) is 40.0 Å². The minimum absolute atomic E-state index is 0.0283. The van der Waals surface area contributed by atoms with Crippen LogP contribution in [-0.4, -0.2) is 34.8 Å². The SMILES string of the molecule is C=CNc1cnc(N2CCCC2)nc1C(N)=Nc1cc(C(=O)Nc2cccc(C(F)(F)F)c2)ccc1C. The summed E-state index contributed by atoms with van der Waals surface area (Å²) in [5.41, 5.74) is 7.81. The number of hydrogen-bond donors (Lipinski definition) is 3. The third-order valence-corrected chi connectivity index (χ3v) is 5.83. The number of anilines is 3. The number of carbonyl (C=O) groups is 1. The van der Waals surface area contributed by atoms with Gasteiger partial charge in [-0.3, -0.25) is 4.79 Å². The van der Waals surface area contributed by atoms with E-state index < -0.39 is 17.6 Å². The molecule has 0 bridgehead atoms. The first-order valence-corrected chi connectivity index (χ1v) is 11.6. The number of nitrogens with two attached hydrogens (primary N) is 1. The van der Waals surface area contributed by atoms with Gasteiger partial charge in [0.2, 0.25) is 5.95 Å². The van der Waals surface area contributed by atoms with Gasteiger partial charge in [-0.1, -0.05) is 18.7 Å². The highest BCUT2D eigenvalue weighted by Crippen LogP contribution is 2.31. The summed E-state index contributed by atoms with van der Waals surface area (Å²) in [6.07, 6.45) is 0.701. The van der Waals surface area contributed by atoms with Gasteiger partial charge >= 0.3 is 6.18 Å². The number of carbonyl (C=O) groups excluding carboxylic acids is 1. The molecule has 0 radical (unpaired) electrons. The van der Waals surface area contributed by atoms with Crippen molar-refractivity contribution < 1.29 is 18.0 Å². The average molecular weight is 510 g/mol. The molecule has 1 aromatic heterocycles. The smallest absolute Gasteiger partial charge is 0.382 e. The van der Waals surface area contributed by atoms with E-state index in [-0.39, 0.29) is 17.1 Å². The minimum atomic E-state index is -4.51. The summed E-state index contributed by atoms with van der Waals surface area (Å²) < 4.78 is 39.0. The number of halogens is 3. The van der Waals surface area contributed by atoms with Gasteiger partial charge in [0.1, 0.15) is 5.69 Å². The lowest BCUT2D eigenvalue weighted by Crippen LogP contribution is -2.24. The third-order valence-electron chi connectivity index (χ3n) is 5.83. The Bertz CT molecular complexity index is 1350. The Morgan fingerprint density at radius 3 is 2.65 bits per heavy atom. The number of nitrogens with zero attached hydrogens (tertiary/aromatic N) is 4. The number of benzene rings is 2. The standard InChI is InChI=1S/C26H26F3N7O/c1-3-31-21-15-32-25(36-11-4-5-12-36)35-22(21)23(30)34-20-13-17(10-9-16(20)2)24(37)33-19-8-6-7-18(14-19)26(27,28)29/h3,6-10,13-15,31H,1,4-5,11-12H2,2H3,(H2,30,34)(H,33,37). The van der Waals surface area contributed by atoms with Crippen molar-refractivity contribution in [3.63, 3.8) is 0 Å². The third kappa shape index (κ3) is 6.05. The van der Waals surface area contributed by atoms with Crippen LogP contribution in [-0.2, 0) is 6.18 Å². The predicted octanol–water partition coefficient (Wildman–Crippen LogP) is 5.25. The lowest BCUT2D eigenvalue weighted by Gasteiger charge is -2.17. The molecule has 8 nitrogen and oxygen atoms in total. The fourth-order valence-corrected chi connectivity index (χ4v) is 3.88. The molecular formula is C26H26F3N7O. The highest BCUT2D eigenvalue weighted by molar-refractivity contribution is 6.06. The molecule has 0 aliphatic carbocycles. The van der Waals surface area contributed by atoms with Crippen LogP contribution in [0.5, 0.6) is 0 Å². The lowest BCUT2D eigenvalue weighted by molar-refractivity contribution is -0.137. The van der Waals surface area contributed by atoms with Gasteiger partial charge in [-0.25, -0.2) is 15.0 Å². The van der Waals surface area contributed by atoms with Gasteiger partial charge in [-0.05, 0) is 61.9 Å². The van der Waals surface area contributed by atoms with Crippen molar-refractivity contribution in [1.29, 1.82) is 0 Å². The van der Waals surface area contributed by atoms with E-state index in [1.165, 1.54) is 24.4 Å². The van der Waals surface area contributed by atoms with Gasteiger partial charge in [0, 0.05) is 24.3 Å². The summed E-state index contributed by atoms with van der Waals surface area (Å²) in [6, 6.07) is 9.21. The number of rotatable bonds is 7. The molecule has 0 spiro atoms. The van der Waals surface area contributed by atoms with Crippen LogP contribution in [0.3, 0.4) is 0 Å². The number of aliphatic imine (C=N–C) groups is 1. The first-order chi connectivity index (χ1) is 17.7. The topological polar surface area (TPSA) is 109 Å². The Morgan fingerprint density at radius 2 is 1.95 bits per heavy atom. The first-order valence-electron chi connectivity index (χ1n) is 11.6. The molecule has 11 heteroatoms. The van der Waals surface area contributed by atoms with E-state index >= 15 is 0 Å². The second kappa shape index (κ2) is 10.7. The number of nitrogens with one attached hydrogen (secondary N) is 2. The lowest BCUT2D eigenvalue weighted by atomic mass is 10.1. The van der Waals surface area contributed by atoms with E-state index in [1.54, 1.807) is 25.3 Å². The molecule has 1 amide bonds.